The first-order valence-electron chi connectivity index (χ1n) is 10.1. The van der Waals surface area contributed by atoms with Crippen LogP contribution in [0, 0.1) is 5.92 Å². The normalized spacial score (nSPS) is 11.0. The van der Waals surface area contributed by atoms with Crippen LogP contribution in [0.5, 0.6) is 11.5 Å². The highest BCUT2D eigenvalue weighted by Crippen LogP contribution is 2.35. The largest absolute Gasteiger partial charge is 0.422 e. The number of pyridine rings is 1. The summed E-state index contributed by atoms with van der Waals surface area (Å²) in [5.41, 5.74) is 1.86. The van der Waals surface area contributed by atoms with Crippen LogP contribution in [0.2, 0.25) is 5.02 Å². The number of ether oxygens (including phenoxy) is 2. The molecule has 0 amide bonds. The summed E-state index contributed by atoms with van der Waals surface area (Å²) in [6.45, 7) is 3.96. The Morgan fingerprint density at radius 3 is 2.56 bits per heavy atom. The van der Waals surface area contributed by atoms with Crippen LogP contribution in [-0.2, 0) is 11.2 Å². The van der Waals surface area contributed by atoms with Crippen molar-refractivity contribution in [2.45, 2.75) is 20.3 Å². The summed E-state index contributed by atoms with van der Waals surface area (Å²) < 4.78 is 11.1. The Hall–Kier alpha value is -3.51. The van der Waals surface area contributed by atoms with E-state index < -0.39 is 11.9 Å². The van der Waals surface area contributed by atoms with E-state index in [2.05, 4.69) is 9.98 Å². The van der Waals surface area contributed by atoms with Gasteiger partial charge in [-0.25, -0.2) is 4.79 Å². The average molecular weight is 451 g/mol. The van der Waals surface area contributed by atoms with E-state index in [-0.39, 0.29) is 23.0 Å². The molecule has 7 heteroatoms. The second kappa shape index (κ2) is 11.2. The van der Waals surface area contributed by atoms with Crippen LogP contribution in [-0.4, -0.2) is 29.7 Å². The molecule has 0 aliphatic rings. The van der Waals surface area contributed by atoms with E-state index in [4.69, 9.17) is 21.1 Å². The summed E-state index contributed by atoms with van der Waals surface area (Å²) in [5, 5.41) is 0.313. The number of benzene rings is 2. The maximum Gasteiger partial charge on any atom is 0.345 e. The number of nitrogens with zero attached hydrogens (tertiary/aromatic N) is 2. The fourth-order valence-corrected chi connectivity index (χ4v) is 2.95. The number of aliphatic imine (C=N–C) groups is 1. The zero-order valence-electron chi connectivity index (χ0n) is 17.8. The van der Waals surface area contributed by atoms with Gasteiger partial charge in [-0.15, -0.1) is 0 Å². The molecule has 0 unspecified atom stereocenters. The Labute approximate surface area is 191 Å². The van der Waals surface area contributed by atoms with Crippen LogP contribution >= 0.6 is 11.6 Å². The van der Waals surface area contributed by atoms with Gasteiger partial charge in [0.25, 0.3) is 0 Å². The molecule has 0 radical (unpaired) electrons. The third kappa shape index (κ3) is 6.49. The lowest BCUT2D eigenvalue weighted by Crippen LogP contribution is -2.17. The van der Waals surface area contributed by atoms with Gasteiger partial charge >= 0.3 is 11.9 Å². The number of carbonyl (C=O) groups excluding carboxylic acids is 2. The van der Waals surface area contributed by atoms with Gasteiger partial charge in [0.05, 0.1) is 11.5 Å². The molecule has 3 rings (SSSR count). The van der Waals surface area contributed by atoms with Gasteiger partial charge in [0.15, 0.2) is 11.5 Å². The SMILES string of the molecule is CC(C)C(=O)Oc1c(C=NCCc2ccccc2)cc(Cl)cc1OC(=O)c1cccnc1. The Bertz CT molecular complexity index is 1100. The van der Waals surface area contributed by atoms with Gasteiger partial charge in [0, 0.05) is 41.8 Å². The maximum absolute atomic E-state index is 12.5. The third-order valence-corrected chi connectivity index (χ3v) is 4.64. The Balaban J connectivity index is 1.87. The molecular formula is C25H23ClN2O4. The van der Waals surface area contributed by atoms with E-state index >= 15 is 0 Å². The molecule has 6 nitrogen and oxygen atoms in total. The second-order valence-corrected chi connectivity index (χ2v) is 7.74. The van der Waals surface area contributed by atoms with Crippen molar-refractivity contribution in [2.24, 2.45) is 10.9 Å². The maximum atomic E-state index is 12.5. The number of hydrogen-bond donors (Lipinski definition) is 0. The zero-order valence-corrected chi connectivity index (χ0v) is 18.6. The molecule has 3 aromatic rings. The first-order valence-corrected chi connectivity index (χ1v) is 10.5. The van der Waals surface area contributed by atoms with E-state index in [1.54, 1.807) is 44.5 Å². The van der Waals surface area contributed by atoms with Crippen LogP contribution in [0.1, 0.15) is 35.3 Å². The number of aromatic nitrogens is 1. The molecule has 1 aromatic heterocycles. The summed E-state index contributed by atoms with van der Waals surface area (Å²) in [7, 11) is 0. The molecule has 0 atom stereocenters. The molecule has 0 saturated heterocycles. The quantitative estimate of drug-likeness (QED) is 0.268. The first kappa shape index (κ1) is 23.2. The predicted molar refractivity (Wildman–Crippen MR) is 124 cm³/mol. The Morgan fingerprint density at radius 1 is 1.09 bits per heavy atom. The van der Waals surface area contributed by atoms with Crippen LogP contribution < -0.4 is 9.47 Å². The van der Waals surface area contributed by atoms with Gasteiger partial charge in [-0.3, -0.25) is 14.8 Å². The van der Waals surface area contributed by atoms with E-state index in [0.717, 1.165) is 12.0 Å². The van der Waals surface area contributed by atoms with Crippen molar-refractivity contribution in [3.8, 4) is 11.5 Å². The monoisotopic (exact) mass is 450 g/mol. The van der Waals surface area contributed by atoms with E-state index in [0.29, 0.717) is 17.1 Å². The van der Waals surface area contributed by atoms with Crippen LogP contribution in [0.15, 0.2) is 72.0 Å². The molecule has 0 aliphatic heterocycles. The fourth-order valence-electron chi connectivity index (χ4n) is 2.73. The molecule has 0 fully saturated rings. The molecule has 0 N–H and O–H groups in total. The van der Waals surface area contributed by atoms with Gasteiger partial charge in [-0.05, 0) is 30.2 Å². The van der Waals surface area contributed by atoms with Gasteiger partial charge in [0.1, 0.15) is 0 Å². The highest BCUT2D eigenvalue weighted by Gasteiger charge is 2.21. The summed E-state index contributed by atoms with van der Waals surface area (Å²) >= 11 is 6.25. The lowest BCUT2D eigenvalue weighted by molar-refractivity contribution is -0.137. The minimum Gasteiger partial charge on any atom is -0.422 e. The van der Waals surface area contributed by atoms with Gasteiger partial charge in [-0.2, -0.15) is 0 Å². The minimum absolute atomic E-state index is 0.0323. The minimum atomic E-state index is -0.644. The predicted octanol–water partition coefficient (Wildman–Crippen LogP) is 5.18. The number of esters is 2. The van der Waals surface area contributed by atoms with E-state index in [1.165, 1.54) is 12.3 Å². The zero-order chi connectivity index (χ0) is 22.9. The van der Waals surface area contributed by atoms with Crippen molar-refractivity contribution < 1.29 is 19.1 Å². The van der Waals surface area contributed by atoms with Crippen molar-refractivity contribution >= 4 is 29.8 Å². The van der Waals surface area contributed by atoms with Crippen molar-refractivity contribution in [2.75, 3.05) is 6.54 Å². The number of hydrogen-bond acceptors (Lipinski definition) is 6. The van der Waals surface area contributed by atoms with Crippen molar-refractivity contribution in [3.63, 3.8) is 0 Å². The number of carbonyl (C=O) groups is 2. The summed E-state index contributed by atoms with van der Waals surface area (Å²) in [6.07, 6.45) is 5.26. The van der Waals surface area contributed by atoms with Crippen LogP contribution in [0.3, 0.4) is 0 Å². The average Bonchev–Trinajstić information content (AvgIpc) is 2.79. The molecule has 2 aromatic carbocycles. The smallest absolute Gasteiger partial charge is 0.345 e. The van der Waals surface area contributed by atoms with E-state index in [1.807, 2.05) is 30.3 Å². The highest BCUT2D eigenvalue weighted by molar-refractivity contribution is 6.31. The molecule has 1 heterocycles. The lowest BCUT2D eigenvalue weighted by atomic mass is 10.1. The van der Waals surface area contributed by atoms with Crippen molar-refractivity contribution in [1.29, 1.82) is 0 Å². The molecule has 0 spiro atoms. The molecule has 0 aliphatic carbocycles. The van der Waals surface area contributed by atoms with Crippen molar-refractivity contribution in [1.82, 2.24) is 4.98 Å². The molecule has 0 saturated carbocycles. The van der Waals surface area contributed by atoms with E-state index in [9.17, 15) is 9.59 Å². The lowest BCUT2D eigenvalue weighted by Gasteiger charge is -2.15. The summed E-state index contributed by atoms with van der Waals surface area (Å²) in [5.74, 6) is -1.37. The van der Waals surface area contributed by atoms with Gasteiger partial charge in [0.2, 0.25) is 0 Å². The second-order valence-electron chi connectivity index (χ2n) is 7.30. The highest BCUT2D eigenvalue weighted by atomic mass is 35.5. The fraction of sp³-hybridized carbons (Fsp3) is 0.200. The number of rotatable bonds is 8. The molecular weight excluding hydrogens is 428 g/mol. The number of halogens is 1. The van der Waals surface area contributed by atoms with Crippen LogP contribution in [0.25, 0.3) is 0 Å². The topological polar surface area (TPSA) is 77.9 Å². The molecule has 164 valence electrons. The summed E-state index contributed by atoms with van der Waals surface area (Å²) in [4.78, 5) is 33.2. The Kier molecular flexibility index (Phi) is 8.11. The third-order valence-electron chi connectivity index (χ3n) is 4.43. The first-order chi connectivity index (χ1) is 15.4. The van der Waals surface area contributed by atoms with Crippen molar-refractivity contribution in [3.05, 3.63) is 88.7 Å². The standard InChI is InChI=1S/C25H23ClN2O4/c1-17(2)24(29)32-23-20(16-28-12-10-18-7-4-3-5-8-18)13-21(26)14-22(23)31-25(30)19-9-6-11-27-15-19/h3-9,11,13-17H,10,12H2,1-2H3. The molecule has 0 bridgehead atoms. The molecule has 32 heavy (non-hydrogen) atoms. The van der Waals surface area contributed by atoms with Gasteiger partial charge in [-0.1, -0.05) is 55.8 Å². The Morgan fingerprint density at radius 2 is 1.88 bits per heavy atom. The van der Waals surface area contributed by atoms with Crippen LogP contribution in [0.4, 0.5) is 0 Å². The van der Waals surface area contributed by atoms with Gasteiger partial charge < -0.3 is 9.47 Å². The summed E-state index contributed by atoms with van der Waals surface area (Å²) in [6, 6.07) is 16.2.